The maximum atomic E-state index is 12.3. The molecule has 1 N–H and O–H groups in total. The van der Waals surface area contributed by atoms with E-state index >= 15 is 0 Å². The highest BCUT2D eigenvalue weighted by Gasteiger charge is 2.10. The lowest BCUT2D eigenvalue weighted by molar-refractivity contribution is -0.0504. The van der Waals surface area contributed by atoms with Crippen molar-refractivity contribution in [3.63, 3.8) is 0 Å². The van der Waals surface area contributed by atoms with E-state index in [1.807, 2.05) is 0 Å². The van der Waals surface area contributed by atoms with Crippen LogP contribution in [0.5, 0.6) is 5.75 Å². The predicted molar refractivity (Wildman–Crippen MR) is 67.4 cm³/mol. The first-order valence-corrected chi connectivity index (χ1v) is 5.75. The van der Waals surface area contributed by atoms with E-state index in [0.717, 1.165) is 0 Å². The zero-order valence-electron chi connectivity index (χ0n) is 9.69. The molecule has 2 aromatic rings. The number of aromatic nitrogens is 2. The summed E-state index contributed by atoms with van der Waals surface area (Å²) in [5, 5.41) is 3.44. The van der Waals surface area contributed by atoms with Gasteiger partial charge in [-0.25, -0.2) is 9.97 Å². The Bertz CT molecular complexity index is 540. The zero-order chi connectivity index (χ0) is 13.7. The van der Waals surface area contributed by atoms with E-state index in [1.54, 1.807) is 18.5 Å². The van der Waals surface area contributed by atoms with Gasteiger partial charge in [-0.2, -0.15) is 8.78 Å². The quantitative estimate of drug-likeness (QED) is 0.915. The van der Waals surface area contributed by atoms with E-state index in [0.29, 0.717) is 16.3 Å². The fourth-order valence-electron chi connectivity index (χ4n) is 1.48. The molecular weight excluding hydrogens is 276 g/mol. The van der Waals surface area contributed by atoms with Crippen LogP contribution in [-0.4, -0.2) is 16.6 Å². The molecule has 2 rings (SSSR count). The molecular formula is C12H10ClF2N3O. The van der Waals surface area contributed by atoms with Crippen LogP contribution in [0.2, 0.25) is 5.02 Å². The molecule has 1 aromatic heterocycles. The second kappa shape index (κ2) is 6.29. The molecule has 0 aliphatic carbocycles. The molecule has 0 radical (unpaired) electrons. The van der Waals surface area contributed by atoms with Crippen molar-refractivity contribution in [2.45, 2.75) is 13.2 Å². The Morgan fingerprint density at radius 3 is 2.68 bits per heavy atom. The van der Waals surface area contributed by atoms with E-state index in [4.69, 9.17) is 11.6 Å². The van der Waals surface area contributed by atoms with Gasteiger partial charge in [0.25, 0.3) is 0 Å². The number of alkyl halides is 2. The van der Waals surface area contributed by atoms with Crippen molar-refractivity contribution in [1.82, 2.24) is 9.97 Å². The lowest BCUT2D eigenvalue weighted by atomic mass is 10.2. The van der Waals surface area contributed by atoms with Crippen LogP contribution < -0.4 is 10.1 Å². The minimum absolute atomic E-state index is 0.0868. The summed E-state index contributed by atoms with van der Waals surface area (Å²) in [6.07, 6.45) is 4.55. The molecule has 7 heteroatoms. The zero-order valence-corrected chi connectivity index (χ0v) is 10.4. The summed E-state index contributed by atoms with van der Waals surface area (Å²) in [6, 6.07) is 4.47. The smallest absolute Gasteiger partial charge is 0.387 e. The third-order valence-corrected chi connectivity index (χ3v) is 2.52. The summed E-state index contributed by atoms with van der Waals surface area (Å²) >= 11 is 5.84. The summed E-state index contributed by atoms with van der Waals surface area (Å²) in [5.74, 6) is 0.0868. The first-order chi connectivity index (χ1) is 9.15. The Kier molecular flexibility index (Phi) is 4.46. The van der Waals surface area contributed by atoms with Gasteiger partial charge >= 0.3 is 6.61 Å². The van der Waals surface area contributed by atoms with Gasteiger partial charge in [0, 0.05) is 17.1 Å². The number of anilines is 1. The summed E-state index contributed by atoms with van der Waals surface area (Å²) in [4.78, 5) is 7.67. The summed E-state index contributed by atoms with van der Waals surface area (Å²) < 4.78 is 29.0. The minimum atomic E-state index is -2.88. The number of nitrogens with one attached hydrogen (secondary N) is 1. The Morgan fingerprint density at radius 1 is 1.26 bits per heavy atom. The molecule has 19 heavy (non-hydrogen) atoms. The Hall–Kier alpha value is -1.95. The lowest BCUT2D eigenvalue weighted by Gasteiger charge is -2.12. The molecule has 0 bridgehead atoms. The highest BCUT2D eigenvalue weighted by molar-refractivity contribution is 6.30. The summed E-state index contributed by atoms with van der Waals surface area (Å²) in [6.45, 7) is -2.60. The fourth-order valence-corrected chi connectivity index (χ4v) is 1.68. The highest BCUT2D eigenvalue weighted by Crippen LogP contribution is 2.25. The van der Waals surface area contributed by atoms with Crippen LogP contribution in [-0.2, 0) is 6.54 Å². The van der Waals surface area contributed by atoms with Gasteiger partial charge in [0.1, 0.15) is 12.1 Å². The van der Waals surface area contributed by atoms with Crippen LogP contribution in [0.4, 0.5) is 14.5 Å². The van der Waals surface area contributed by atoms with Gasteiger partial charge in [-0.05, 0) is 18.2 Å². The molecule has 1 aromatic carbocycles. The molecule has 100 valence electrons. The molecule has 4 nitrogen and oxygen atoms in total. The van der Waals surface area contributed by atoms with E-state index in [2.05, 4.69) is 20.0 Å². The topological polar surface area (TPSA) is 47.0 Å². The number of nitrogens with zero attached hydrogens (tertiary/aromatic N) is 2. The lowest BCUT2D eigenvalue weighted by Crippen LogP contribution is -2.07. The second-order valence-corrected chi connectivity index (χ2v) is 4.05. The van der Waals surface area contributed by atoms with Crippen molar-refractivity contribution in [2.24, 2.45) is 0 Å². The van der Waals surface area contributed by atoms with Gasteiger partial charge in [0.15, 0.2) is 0 Å². The number of hydrogen-bond donors (Lipinski definition) is 1. The number of hydrogen-bond acceptors (Lipinski definition) is 4. The van der Waals surface area contributed by atoms with Gasteiger partial charge < -0.3 is 10.1 Å². The average molecular weight is 286 g/mol. The van der Waals surface area contributed by atoms with Gasteiger partial charge in [-0.15, -0.1) is 0 Å². The number of ether oxygens (including phenoxy) is 1. The first kappa shape index (κ1) is 13.5. The van der Waals surface area contributed by atoms with Crippen molar-refractivity contribution in [3.05, 3.63) is 47.5 Å². The van der Waals surface area contributed by atoms with Crippen LogP contribution in [0.25, 0.3) is 0 Å². The van der Waals surface area contributed by atoms with Crippen LogP contribution >= 0.6 is 11.6 Å². The normalized spacial score (nSPS) is 10.5. The van der Waals surface area contributed by atoms with E-state index in [9.17, 15) is 8.78 Å². The van der Waals surface area contributed by atoms with Crippen LogP contribution in [0.1, 0.15) is 5.56 Å². The molecule has 0 unspecified atom stereocenters. The summed E-state index contributed by atoms with van der Waals surface area (Å²) in [5.41, 5.74) is 1.20. The molecule has 0 amide bonds. The third-order valence-electron chi connectivity index (χ3n) is 2.28. The molecule has 0 atom stereocenters. The van der Waals surface area contributed by atoms with Crippen molar-refractivity contribution in [1.29, 1.82) is 0 Å². The number of rotatable bonds is 5. The number of halogens is 3. The van der Waals surface area contributed by atoms with E-state index in [-0.39, 0.29) is 12.3 Å². The van der Waals surface area contributed by atoms with Crippen molar-refractivity contribution in [2.75, 3.05) is 5.32 Å². The van der Waals surface area contributed by atoms with Crippen molar-refractivity contribution >= 4 is 17.3 Å². The molecule has 0 saturated carbocycles. The SMILES string of the molecule is FC(F)Oc1ccc(Cl)cc1CNc1cncnc1. The third kappa shape index (κ3) is 4.03. The largest absolute Gasteiger partial charge is 0.434 e. The molecule has 0 spiro atoms. The molecule has 0 saturated heterocycles. The fraction of sp³-hybridized carbons (Fsp3) is 0.167. The second-order valence-electron chi connectivity index (χ2n) is 3.61. The van der Waals surface area contributed by atoms with Crippen LogP contribution in [0.15, 0.2) is 36.9 Å². The van der Waals surface area contributed by atoms with Gasteiger partial charge in [-0.3, -0.25) is 0 Å². The monoisotopic (exact) mass is 285 g/mol. The maximum absolute atomic E-state index is 12.3. The van der Waals surface area contributed by atoms with Crippen LogP contribution in [0, 0.1) is 0 Å². The Labute approximate surface area is 113 Å². The van der Waals surface area contributed by atoms with Crippen molar-refractivity contribution < 1.29 is 13.5 Å². The Morgan fingerprint density at radius 2 is 2.00 bits per heavy atom. The van der Waals surface area contributed by atoms with Gasteiger partial charge in [0.05, 0.1) is 18.1 Å². The predicted octanol–water partition coefficient (Wildman–Crippen LogP) is 3.34. The van der Waals surface area contributed by atoms with E-state index in [1.165, 1.54) is 18.5 Å². The number of benzene rings is 1. The minimum Gasteiger partial charge on any atom is -0.434 e. The molecule has 0 aliphatic rings. The van der Waals surface area contributed by atoms with E-state index < -0.39 is 6.61 Å². The molecule has 1 heterocycles. The molecule has 0 aliphatic heterocycles. The Balaban J connectivity index is 2.12. The molecule has 0 fully saturated rings. The maximum Gasteiger partial charge on any atom is 0.387 e. The summed E-state index contributed by atoms with van der Waals surface area (Å²) in [7, 11) is 0. The van der Waals surface area contributed by atoms with Gasteiger partial charge in [-0.1, -0.05) is 11.6 Å². The highest BCUT2D eigenvalue weighted by atomic mass is 35.5. The van der Waals surface area contributed by atoms with Gasteiger partial charge in [0.2, 0.25) is 0 Å². The van der Waals surface area contributed by atoms with Crippen LogP contribution in [0.3, 0.4) is 0 Å². The van der Waals surface area contributed by atoms with Crippen molar-refractivity contribution in [3.8, 4) is 5.75 Å². The first-order valence-electron chi connectivity index (χ1n) is 5.37. The standard InChI is InChI=1S/C12H10ClF2N3O/c13-9-1-2-11(19-12(14)15)8(3-9)4-18-10-5-16-7-17-6-10/h1-3,5-7,12,18H,4H2. The average Bonchev–Trinajstić information content (AvgIpc) is 2.40.